The van der Waals surface area contributed by atoms with Crippen LogP contribution in [0.2, 0.25) is 0 Å². The minimum atomic E-state index is 0.370. The number of hydrogen-bond acceptors (Lipinski definition) is 2. The number of benzene rings is 1. The molecule has 3 rings (SSSR count). The summed E-state index contributed by atoms with van der Waals surface area (Å²) in [6.45, 7) is 10.1. The first-order valence-electron chi connectivity index (χ1n) is 10.5. The van der Waals surface area contributed by atoms with Gasteiger partial charge in [-0.1, -0.05) is 63.3 Å². The topological polar surface area (TPSA) is 12.5 Å². The summed E-state index contributed by atoms with van der Waals surface area (Å²) in [6.07, 6.45) is 10.4. The largest absolute Gasteiger partial charge is 0.373 e. The molecule has 1 aromatic carbocycles. The fraction of sp³-hybridized carbons (Fsp3) is 0.739. The van der Waals surface area contributed by atoms with Gasteiger partial charge in [-0.2, -0.15) is 0 Å². The zero-order valence-electron chi connectivity index (χ0n) is 16.5. The van der Waals surface area contributed by atoms with Crippen molar-refractivity contribution in [2.45, 2.75) is 77.9 Å². The van der Waals surface area contributed by atoms with Crippen molar-refractivity contribution in [2.75, 3.05) is 19.6 Å². The third-order valence-corrected chi connectivity index (χ3v) is 5.92. The molecule has 0 N–H and O–H groups in total. The fourth-order valence-electron chi connectivity index (χ4n) is 4.88. The van der Waals surface area contributed by atoms with E-state index in [2.05, 4.69) is 49.9 Å². The molecule has 0 bridgehead atoms. The maximum absolute atomic E-state index is 5.85. The van der Waals surface area contributed by atoms with Gasteiger partial charge in [0.25, 0.3) is 0 Å². The molecule has 1 aliphatic carbocycles. The standard InChI is InChI=1S/C23H37NO/c1-18(15-24-16-19(2)25-20(3)17-24)13-22-9-11-23(12-10-22)14-21-7-5-4-6-8-21/h9-12,18-21H,4-8,13-17H2,1-3H3. The molecule has 3 atom stereocenters. The molecule has 3 unspecified atom stereocenters. The molecule has 2 nitrogen and oxygen atoms in total. The van der Waals surface area contributed by atoms with Gasteiger partial charge in [-0.15, -0.1) is 0 Å². The van der Waals surface area contributed by atoms with Crippen LogP contribution < -0.4 is 0 Å². The summed E-state index contributed by atoms with van der Waals surface area (Å²) in [5.41, 5.74) is 3.04. The lowest BCUT2D eigenvalue weighted by Gasteiger charge is -2.36. The second-order valence-corrected chi connectivity index (χ2v) is 8.81. The summed E-state index contributed by atoms with van der Waals surface area (Å²) in [5, 5.41) is 0. The highest BCUT2D eigenvalue weighted by Gasteiger charge is 2.23. The van der Waals surface area contributed by atoms with Gasteiger partial charge in [0, 0.05) is 19.6 Å². The average molecular weight is 344 g/mol. The van der Waals surface area contributed by atoms with E-state index in [4.69, 9.17) is 4.74 Å². The zero-order valence-corrected chi connectivity index (χ0v) is 16.5. The van der Waals surface area contributed by atoms with E-state index >= 15 is 0 Å². The Morgan fingerprint density at radius 3 is 2.20 bits per heavy atom. The maximum Gasteiger partial charge on any atom is 0.0678 e. The molecule has 25 heavy (non-hydrogen) atoms. The second kappa shape index (κ2) is 9.19. The van der Waals surface area contributed by atoms with Crippen molar-refractivity contribution in [3.05, 3.63) is 35.4 Å². The highest BCUT2D eigenvalue weighted by molar-refractivity contribution is 5.23. The molecule has 1 heterocycles. The molecule has 2 aliphatic rings. The molecular weight excluding hydrogens is 306 g/mol. The molecule has 0 aromatic heterocycles. The van der Waals surface area contributed by atoms with Crippen molar-refractivity contribution in [2.24, 2.45) is 11.8 Å². The minimum Gasteiger partial charge on any atom is -0.373 e. The van der Waals surface area contributed by atoms with Crippen molar-refractivity contribution < 1.29 is 4.74 Å². The van der Waals surface area contributed by atoms with Gasteiger partial charge < -0.3 is 4.74 Å². The van der Waals surface area contributed by atoms with Crippen LogP contribution in [0.1, 0.15) is 64.0 Å². The third kappa shape index (κ3) is 6.11. The summed E-state index contributed by atoms with van der Waals surface area (Å²) in [6, 6.07) is 9.52. The Labute approximate surface area is 154 Å². The van der Waals surface area contributed by atoms with Crippen LogP contribution in [0.5, 0.6) is 0 Å². The van der Waals surface area contributed by atoms with Gasteiger partial charge in [-0.05, 0) is 49.7 Å². The molecule has 140 valence electrons. The van der Waals surface area contributed by atoms with E-state index in [0.717, 1.165) is 19.0 Å². The third-order valence-electron chi connectivity index (χ3n) is 5.92. The molecule has 0 spiro atoms. The SMILES string of the molecule is CC(Cc1ccc(CC2CCCCC2)cc1)CN1CC(C)OC(C)C1. The Bertz CT molecular complexity index is 495. The Hall–Kier alpha value is -0.860. The summed E-state index contributed by atoms with van der Waals surface area (Å²) in [4.78, 5) is 2.58. The van der Waals surface area contributed by atoms with E-state index in [1.807, 2.05) is 0 Å². The van der Waals surface area contributed by atoms with Gasteiger partial charge in [0.2, 0.25) is 0 Å². The van der Waals surface area contributed by atoms with Gasteiger partial charge in [0.15, 0.2) is 0 Å². The van der Waals surface area contributed by atoms with E-state index in [1.165, 1.54) is 57.1 Å². The lowest BCUT2D eigenvalue weighted by Crippen LogP contribution is -2.47. The number of ether oxygens (including phenoxy) is 1. The summed E-state index contributed by atoms with van der Waals surface area (Å²) >= 11 is 0. The number of morpholine rings is 1. The van der Waals surface area contributed by atoms with E-state index in [9.17, 15) is 0 Å². The predicted molar refractivity (Wildman–Crippen MR) is 106 cm³/mol. The van der Waals surface area contributed by atoms with Crippen LogP contribution in [0, 0.1) is 11.8 Å². The first-order chi connectivity index (χ1) is 12.1. The quantitative estimate of drug-likeness (QED) is 0.713. The number of rotatable bonds is 6. The minimum absolute atomic E-state index is 0.370. The van der Waals surface area contributed by atoms with Crippen molar-refractivity contribution in [1.82, 2.24) is 4.90 Å². The van der Waals surface area contributed by atoms with Gasteiger partial charge >= 0.3 is 0 Å². The Morgan fingerprint density at radius 1 is 0.960 bits per heavy atom. The summed E-state index contributed by atoms with van der Waals surface area (Å²) in [5.74, 6) is 1.63. The lowest BCUT2D eigenvalue weighted by molar-refractivity contribution is -0.0708. The van der Waals surface area contributed by atoms with Gasteiger partial charge in [0.1, 0.15) is 0 Å². The van der Waals surface area contributed by atoms with Crippen molar-refractivity contribution in [3.63, 3.8) is 0 Å². The van der Waals surface area contributed by atoms with Gasteiger partial charge in [0.05, 0.1) is 12.2 Å². The van der Waals surface area contributed by atoms with E-state index in [0.29, 0.717) is 18.1 Å². The van der Waals surface area contributed by atoms with Crippen LogP contribution in [0.4, 0.5) is 0 Å². The molecule has 0 amide bonds. The van der Waals surface area contributed by atoms with Crippen LogP contribution in [-0.4, -0.2) is 36.7 Å². The Kier molecular flexibility index (Phi) is 6.95. The first-order valence-corrected chi connectivity index (χ1v) is 10.5. The molecular formula is C23H37NO. The van der Waals surface area contributed by atoms with Crippen molar-refractivity contribution in [3.8, 4) is 0 Å². The normalized spacial score (nSPS) is 27.3. The van der Waals surface area contributed by atoms with Crippen LogP contribution >= 0.6 is 0 Å². The maximum atomic E-state index is 5.85. The second-order valence-electron chi connectivity index (χ2n) is 8.81. The molecule has 2 heteroatoms. The average Bonchev–Trinajstić information content (AvgIpc) is 2.56. The smallest absolute Gasteiger partial charge is 0.0678 e. The summed E-state index contributed by atoms with van der Waals surface area (Å²) in [7, 11) is 0. The fourth-order valence-corrected chi connectivity index (χ4v) is 4.88. The van der Waals surface area contributed by atoms with E-state index in [1.54, 1.807) is 5.56 Å². The van der Waals surface area contributed by atoms with Crippen LogP contribution in [0.3, 0.4) is 0 Å². The van der Waals surface area contributed by atoms with E-state index in [-0.39, 0.29) is 0 Å². The van der Waals surface area contributed by atoms with Crippen LogP contribution in [0.15, 0.2) is 24.3 Å². The Balaban J connectivity index is 1.45. The van der Waals surface area contributed by atoms with E-state index < -0.39 is 0 Å². The molecule has 1 aliphatic heterocycles. The summed E-state index contributed by atoms with van der Waals surface area (Å²) < 4.78 is 5.85. The number of hydrogen-bond donors (Lipinski definition) is 0. The number of nitrogens with zero attached hydrogens (tertiary/aromatic N) is 1. The highest BCUT2D eigenvalue weighted by Crippen LogP contribution is 2.27. The monoisotopic (exact) mass is 343 g/mol. The van der Waals surface area contributed by atoms with Gasteiger partial charge in [-0.3, -0.25) is 4.90 Å². The van der Waals surface area contributed by atoms with Crippen molar-refractivity contribution in [1.29, 1.82) is 0 Å². The first kappa shape index (κ1) is 18.9. The molecule has 1 saturated carbocycles. The van der Waals surface area contributed by atoms with Crippen molar-refractivity contribution >= 4 is 0 Å². The zero-order chi connectivity index (χ0) is 17.6. The van der Waals surface area contributed by atoms with Crippen LogP contribution in [0.25, 0.3) is 0 Å². The predicted octanol–water partition coefficient (Wildman–Crippen LogP) is 5.10. The van der Waals surface area contributed by atoms with Gasteiger partial charge in [-0.25, -0.2) is 0 Å². The Morgan fingerprint density at radius 2 is 1.56 bits per heavy atom. The molecule has 0 radical (unpaired) electrons. The highest BCUT2D eigenvalue weighted by atomic mass is 16.5. The lowest BCUT2D eigenvalue weighted by atomic mass is 9.84. The van der Waals surface area contributed by atoms with Crippen LogP contribution in [-0.2, 0) is 17.6 Å². The molecule has 1 aromatic rings. The molecule has 1 saturated heterocycles. The molecule has 2 fully saturated rings.